The fraction of sp³-hybridized carbons (Fsp3) is 0.333. The summed E-state index contributed by atoms with van der Waals surface area (Å²) in [5, 5.41) is 0. The van der Waals surface area contributed by atoms with Crippen molar-refractivity contribution >= 4 is 0 Å². The number of ether oxygens (including phenoxy) is 2. The van der Waals surface area contributed by atoms with Crippen LogP contribution < -0.4 is 9.47 Å². The lowest BCUT2D eigenvalue weighted by molar-refractivity contribution is 0.354. The normalized spacial score (nSPS) is 9.57. The molecule has 14 heavy (non-hydrogen) atoms. The molecule has 2 heteroatoms. The Balaban J connectivity index is 2.83. The van der Waals surface area contributed by atoms with Crippen molar-refractivity contribution in [2.45, 2.75) is 12.8 Å². The monoisotopic (exact) mass is 191 g/mol. The third-order valence-electron chi connectivity index (χ3n) is 2.05. The molecule has 0 spiro atoms. The average Bonchev–Trinajstić information content (AvgIpc) is 2.25. The summed E-state index contributed by atoms with van der Waals surface area (Å²) < 4.78 is 10.3. The van der Waals surface area contributed by atoms with E-state index >= 15 is 0 Å². The van der Waals surface area contributed by atoms with Crippen LogP contribution in [0.25, 0.3) is 0 Å². The Morgan fingerprint density at radius 2 is 1.93 bits per heavy atom. The summed E-state index contributed by atoms with van der Waals surface area (Å²) in [5.41, 5.74) is 1.20. The van der Waals surface area contributed by atoms with E-state index < -0.39 is 0 Å². The lowest BCUT2D eigenvalue weighted by Gasteiger charge is -2.08. The van der Waals surface area contributed by atoms with Gasteiger partial charge >= 0.3 is 0 Å². The Bertz CT molecular complexity index is 305. The van der Waals surface area contributed by atoms with Crippen LogP contribution in [0.4, 0.5) is 0 Å². The van der Waals surface area contributed by atoms with Gasteiger partial charge in [-0.1, -0.05) is 18.7 Å². The van der Waals surface area contributed by atoms with Crippen molar-refractivity contribution in [3.8, 4) is 11.5 Å². The van der Waals surface area contributed by atoms with Gasteiger partial charge in [-0.3, -0.25) is 0 Å². The van der Waals surface area contributed by atoms with Gasteiger partial charge in [0.1, 0.15) is 0 Å². The van der Waals surface area contributed by atoms with Gasteiger partial charge in [-0.15, -0.1) is 0 Å². The van der Waals surface area contributed by atoms with E-state index in [1.54, 1.807) is 20.3 Å². The number of aryl methyl sites for hydroxylation is 1. The molecular formula is C12H15O2. The van der Waals surface area contributed by atoms with E-state index in [1.807, 2.05) is 18.2 Å². The molecule has 1 aromatic carbocycles. The Morgan fingerprint density at radius 1 is 1.21 bits per heavy atom. The summed E-state index contributed by atoms with van der Waals surface area (Å²) in [6.45, 7) is 5.32. The second-order valence-electron chi connectivity index (χ2n) is 2.96. The summed E-state index contributed by atoms with van der Waals surface area (Å²) in [7, 11) is 3.27. The first kappa shape index (κ1) is 10.6. The summed E-state index contributed by atoms with van der Waals surface area (Å²) >= 11 is 0. The van der Waals surface area contributed by atoms with E-state index in [9.17, 15) is 0 Å². The van der Waals surface area contributed by atoms with Crippen LogP contribution in [0.2, 0.25) is 0 Å². The maximum absolute atomic E-state index is 5.32. The van der Waals surface area contributed by atoms with Crippen LogP contribution in [-0.2, 0) is 6.42 Å². The van der Waals surface area contributed by atoms with Gasteiger partial charge in [0.15, 0.2) is 11.5 Å². The predicted molar refractivity (Wildman–Crippen MR) is 56.7 cm³/mol. The lowest BCUT2D eigenvalue weighted by atomic mass is 10.1. The maximum Gasteiger partial charge on any atom is 0.160 e. The minimum atomic E-state index is 0.757. The highest BCUT2D eigenvalue weighted by Gasteiger charge is 2.03. The Hall–Kier alpha value is -1.44. The van der Waals surface area contributed by atoms with E-state index in [-0.39, 0.29) is 0 Å². The average molecular weight is 191 g/mol. The van der Waals surface area contributed by atoms with Gasteiger partial charge in [0.2, 0.25) is 0 Å². The molecular weight excluding hydrogens is 176 g/mol. The van der Waals surface area contributed by atoms with E-state index in [4.69, 9.17) is 16.1 Å². The smallest absolute Gasteiger partial charge is 0.160 e. The molecule has 1 rings (SSSR count). The maximum atomic E-state index is 5.32. The molecule has 0 aliphatic heterocycles. The summed E-state index contributed by atoms with van der Waals surface area (Å²) in [4.78, 5) is 0. The molecule has 0 aliphatic carbocycles. The molecule has 75 valence electrons. The first-order valence-corrected chi connectivity index (χ1v) is 4.56. The van der Waals surface area contributed by atoms with E-state index in [0.29, 0.717) is 0 Å². The van der Waals surface area contributed by atoms with Crippen molar-refractivity contribution in [3.63, 3.8) is 0 Å². The fourth-order valence-corrected chi connectivity index (χ4v) is 1.29. The Labute approximate surface area is 85.2 Å². The summed E-state index contributed by atoms with van der Waals surface area (Å²) in [5.74, 6) is 1.52. The molecule has 0 saturated carbocycles. The first-order valence-electron chi connectivity index (χ1n) is 4.56. The minimum absolute atomic E-state index is 0.757. The number of hydrogen-bond donors (Lipinski definition) is 0. The number of hydrogen-bond acceptors (Lipinski definition) is 2. The van der Waals surface area contributed by atoms with E-state index in [1.165, 1.54) is 5.56 Å². The molecule has 0 fully saturated rings. The molecule has 0 atom stereocenters. The van der Waals surface area contributed by atoms with Crippen LogP contribution in [0.15, 0.2) is 24.3 Å². The van der Waals surface area contributed by atoms with Crippen molar-refractivity contribution < 1.29 is 9.47 Å². The molecule has 0 aromatic heterocycles. The van der Waals surface area contributed by atoms with Gasteiger partial charge < -0.3 is 9.47 Å². The van der Waals surface area contributed by atoms with Gasteiger partial charge in [-0.25, -0.2) is 0 Å². The highest BCUT2D eigenvalue weighted by molar-refractivity contribution is 5.42. The van der Waals surface area contributed by atoms with E-state index in [2.05, 4.69) is 0 Å². The molecule has 0 aliphatic rings. The standard InChI is InChI=1S/C12H15O2/c1-4-5-6-10-7-8-11(13-2)12(9-10)14-3/h1,4,7-9H,5-6H2,2-3H3. The van der Waals surface area contributed by atoms with Crippen LogP contribution in [0.1, 0.15) is 12.0 Å². The van der Waals surface area contributed by atoms with Gasteiger partial charge in [-0.05, 0) is 30.5 Å². The number of methoxy groups -OCH3 is 2. The molecule has 1 aromatic rings. The van der Waals surface area contributed by atoms with Crippen LogP contribution in [0.3, 0.4) is 0 Å². The summed E-state index contributed by atoms with van der Waals surface area (Å²) in [6, 6.07) is 5.90. The lowest BCUT2D eigenvalue weighted by Crippen LogP contribution is -1.92. The Kier molecular flexibility index (Phi) is 4.05. The molecule has 1 radical (unpaired) electrons. The molecule has 0 heterocycles. The van der Waals surface area contributed by atoms with Gasteiger partial charge in [0.25, 0.3) is 0 Å². The molecule has 0 saturated heterocycles. The van der Waals surface area contributed by atoms with E-state index in [0.717, 1.165) is 24.3 Å². The van der Waals surface area contributed by atoms with Crippen LogP contribution in [0.5, 0.6) is 11.5 Å². The largest absolute Gasteiger partial charge is 0.493 e. The SMILES string of the molecule is [CH]=CCCc1ccc(OC)c(OC)c1. The quantitative estimate of drug-likeness (QED) is 0.712. The zero-order valence-electron chi connectivity index (χ0n) is 8.62. The zero-order valence-corrected chi connectivity index (χ0v) is 8.62. The molecule has 0 N–H and O–H groups in total. The predicted octanol–water partition coefficient (Wildman–Crippen LogP) is 2.63. The fourth-order valence-electron chi connectivity index (χ4n) is 1.29. The number of benzene rings is 1. The first-order chi connectivity index (χ1) is 6.81. The molecule has 0 amide bonds. The second-order valence-corrected chi connectivity index (χ2v) is 2.96. The van der Waals surface area contributed by atoms with Crippen molar-refractivity contribution in [2.24, 2.45) is 0 Å². The number of rotatable bonds is 5. The third kappa shape index (κ3) is 2.52. The van der Waals surface area contributed by atoms with Crippen molar-refractivity contribution in [2.75, 3.05) is 14.2 Å². The van der Waals surface area contributed by atoms with Crippen LogP contribution in [0, 0.1) is 6.58 Å². The van der Waals surface area contributed by atoms with Crippen molar-refractivity contribution in [1.82, 2.24) is 0 Å². The third-order valence-corrected chi connectivity index (χ3v) is 2.05. The van der Waals surface area contributed by atoms with Gasteiger partial charge in [0.05, 0.1) is 14.2 Å². The van der Waals surface area contributed by atoms with Gasteiger partial charge in [0, 0.05) is 0 Å². The van der Waals surface area contributed by atoms with Crippen LogP contribution in [-0.4, -0.2) is 14.2 Å². The zero-order chi connectivity index (χ0) is 10.4. The minimum Gasteiger partial charge on any atom is -0.493 e. The highest BCUT2D eigenvalue weighted by atomic mass is 16.5. The second kappa shape index (κ2) is 5.32. The topological polar surface area (TPSA) is 18.5 Å². The summed E-state index contributed by atoms with van der Waals surface area (Å²) in [6.07, 6.45) is 3.46. The Morgan fingerprint density at radius 3 is 2.50 bits per heavy atom. The van der Waals surface area contributed by atoms with Crippen molar-refractivity contribution in [1.29, 1.82) is 0 Å². The molecule has 0 bridgehead atoms. The van der Waals surface area contributed by atoms with Crippen LogP contribution >= 0.6 is 0 Å². The van der Waals surface area contributed by atoms with Gasteiger partial charge in [-0.2, -0.15) is 0 Å². The highest BCUT2D eigenvalue weighted by Crippen LogP contribution is 2.27. The number of allylic oxidation sites excluding steroid dienone is 1. The molecule has 2 nitrogen and oxygen atoms in total. The van der Waals surface area contributed by atoms with Crippen molar-refractivity contribution in [3.05, 3.63) is 36.4 Å². The molecule has 0 unspecified atom stereocenters.